The second-order valence-corrected chi connectivity index (χ2v) is 10.8. The Balaban J connectivity index is 1.87. The lowest BCUT2D eigenvalue weighted by molar-refractivity contribution is 0.0965. The van der Waals surface area contributed by atoms with Crippen molar-refractivity contribution in [3.63, 3.8) is 0 Å². The number of furan rings is 1. The predicted octanol–water partition coefficient (Wildman–Crippen LogP) is 6.41. The zero-order valence-corrected chi connectivity index (χ0v) is 20.6. The van der Waals surface area contributed by atoms with Gasteiger partial charge in [0.15, 0.2) is 9.84 Å². The van der Waals surface area contributed by atoms with Crippen molar-refractivity contribution in [1.82, 2.24) is 5.32 Å². The molecule has 0 spiro atoms. The van der Waals surface area contributed by atoms with Crippen LogP contribution in [0.5, 0.6) is 0 Å². The van der Waals surface area contributed by atoms with E-state index in [1.165, 1.54) is 18.4 Å². The van der Waals surface area contributed by atoms with Crippen LogP contribution < -0.4 is 5.32 Å². The molecule has 0 aliphatic heterocycles. The van der Waals surface area contributed by atoms with E-state index in [4.69, 9.17) is 4.42 Å². The summed E-state index contributed by atoms with van der Waals surface area (Å²) in [7, 11) is -3.36. The molecule has 5 nitrogen and oxygen atoms in total. The molecule has 3 aromatic carbocycles. The molecule has 0 aliphatic rings. The van der Waals surface area contributed by atoms with Gasteiger partial charge in [-0.25, -0.2) is 12.8 Å². The summed E-state index contributed by atoms with van der Waals surface area (Å²) in [6, 6.07) is 16.7. The van der Waals surface area contributed by atoms with Crippen LogP contribution in [-0.2, 0) is 15.6 Å². The molecule has 0 bridgehead atoms. The minimum Gasteiger partial charge on any atom is -0.456 e. The van der Waals surface area contributed by atoms with Gasteiger partial charge in [-0.05, 0) is 78.6 Å². The largest absolute Gasteiger partial charge is 0.456 e. The number of hydrogen-bond donors (Lipinski definition) is 1. The average Bonchev–Trinajstić information content (AvgIpc) is 3.13. The topological polar surface area (TPSA) is 76.4 Å². The van der Waals surface area contributed by atoms with E-state index in [2.05, 4.69) is 11.9 Å². The van der Waals surface area contributed by atoms with Crippen LogP contribution in [0.4, 0.5) is 4.39 Å². The number of aryl methyl sites for hydroxylation is 1. The van der Waals surface area contributed by atoms with Gasteiger partial charge in [0.2, 0.25) is 0 Å². The van der Waals surface area contributed by atoms with Crippen molar-refractivity contribution in [2.24, 2.45) is 0 Å². The van der Waals surface area contributed by atoms with Crippen LogP contribution in [0.25, 0.3) is 33.4 Å². The van der Waals surface area contributed by atoms with Crippen LogP contribution in [0.2, 0.25) is 0 Å². The van der Waals surface area contributed by atoms with Crippen molar-refractivity contribution in [1.29, 1.82) is 0 Å². The number of amides is 1. The number of fused-ring (bicyclic) bond motifs is 1. The van der Waals surface area contributed by atoms with Crippen LogP contribution in [0.3, 0.4) is 0 Å². The van der Waals surface area contributed by atoms with Crippen LogP contribution in [0, 0.1) is 12.7 Å². The Morgan fingerprint density at radius 3 is 2.43 bits per heavy atom. The number of benzene rings is 3. The van der Waals surface area contributed by atoms with Crippen LogP contribution in [-0.4, -0.2) is 20.6 Å². The van der Waals surface area contributed by atoms with Gasteiger partial charge in [-0.3, -0.25) is 4.79 Å². The maximum Gasteiger partial charge on any atom is 0.255 e. The monoisotopic (exact) mass is 491 g/mol. The molecule has 0 saturated heterocycles. The molecule has 4 rings (SSSR count). The van der Waals surface area contributed by atoms with Gasteiger partial charge in [-0.1, -0.05) is 25.6 Å². The Bertz CT molecular complexity index is 1550. The standard InChI is InChI=1S/C28H26FNO4S/c1-5-17(2)30-28(31)21-8-6-7-20(13-21)25-15-24-18(3)27(19-9-11-23(29)12-10-19)34-26(24)14-22(25)16-35(4,32)33/h6-15H,2,5,16H2,1,3-4H3,(H,30,31). The summed E-state index contributed by atoms with van der Waals surface area (Å²) in [5, 5.41) is 3.58. The van der Waals surface area contributed by atoms with Gasteiger partial charge in [-0.2, -0.15) is 0 Å². The molecule has 0 unspecified atom stereocenters. The zero-order valence-electron chi connectivity index (χ0n) is 19.8. The third-order valence-corrected chi connectivity index (χ3v) is 6.67. The first kappa shape index (κ1) is 24.4. The predicted molar refractivity (Wildman–Crippen MR) is 137 cm³/mol. The first-order chi connectivity index (χ1) is 16.6. The molecule has 4 aromatic rings. The molecule has 180 valence electrons. The number of allylic oxidation sites excluding steroid dienone is 1. The molecule has 0 fully saturated rings. The average molecular weight is 492 g/mol. The Morgan fingerprint density at radius 2 is 1.77 bits per heavy atom. The molecule has 0 radical (unpaired) electrons. The molecule has 0 saturated carbocycles. The van der Waals surface area contributed by atoms with Crippen molar-refractivity contribution in [3.8, 4) is 22.5 Å². The van der Waals surface area contributed by atoms with Gasteiger partial charge < -0.3 is 9.73 Å². The van der Waals surface area contributed by atoms with Gasteiger partial charge in [0.1, 0.15) is 17.2 Å². The van der Waals surface area contributed by atoms with Crippen LogP contribution in [0.1, 0.15) is 34.8 Å². The molecular weight excluding hydrogens is 465 g/mol. The van der Waals surface area contributed by atoms with E-state index in [1.807, 2.05) is 26.0 Å². The number of carbonyl (C=O) groups excluding carboxylic acids is 1. The highest BCUT2D eigenvalue weighted by atomic mass is 32.2. The molecular formula is C28H26FNO4S. The molecule has 7 heteroatoms. The summed E-state index contributed by atoms with van der Waals surface area (Å²) in [4.78, 5) is 12.7. The maximum absolute atomic E-state index is 13.4. The SMILES string of the molecule is C=C(CC)NC(=O)c1cccc(-c2cc3c(C)c(-c4ccc(F)cc4)oc3cc2CS(C)(=O)=O)c1. The number of carbonyl (C=O) groups is 1. The lowest BCUT2D eigenvalue weighted by Crippen LogP contribution is -2.21. The minimum atomic E-state index is -3.36. The number of nitrogens with one attached hydrogen (secondary N) is 1. The van der Waals surface area contributed by atoms with Gasteiger partial charge in [-0.15, -0.1) is 0 Å². The molecule has 1 N–H and O–H groups in total. The number of sulfone groups is 1. The summed E-state index contributed by atoms with van der Waals surface area (Å²) >= 11 is 0. The van der Waals surface area contributed by atoms with Crippen molar-refractivity contribution in [2.75, 3.05) is 6.26 Å². The maximum atomic E-state index is 13.4. The first-order valence-electron chi connectivity index (χ1n) is 11.1. The normalized spacial score (nSPS) is 11.5. The van der Waals surface area contributed by atoms with Crippen molar-refractivity contribution in [2.45, 2.75) is 26.0 Å². The fraction of sp³-hybridized carbons (Fsp3) is 0.179. The summed E-state index contributed by atoms with van der Waals surface area (Å²) < 4.78 is 44.0. The summed E-state index contributed by atoms with van der Waals surface area (Å²) in [5.74, 6) is -0.213. The Hall–Kier alpha value is -3.71. The molecule has 1 aromatic heterocycles. The number of halogens is 1. The van der Waals surface area contributed by atoms with Gasteiger partial charge in [0, 0.05) is 34.0 Å². The second-order valence-electron chi connectivity index (χ2n) is 8.63. The van der Waals surface area contributed by atoms with E-state index in [0.717, 1.165) is 16.5 Å². The fourth-order valence-electron chi connectivity index (χ4n) is 4.00. The van der Waals surface area contributed by atoms with E-state index in [0.29, 0.717) is 45.7 Å². The van der Waals surface area contributed by atoms with Gasteiger partial charge in [0.25, 0.3) is 5.91 Å². The number of hydrogen-bond acceptors (Lipinski definition) is 4. The number of rotatable bonds is 7. The smallest absolute Gasteiger partial charge is 0.255 e. The lowest BCUT2D eigenvalue weighted by Gasteiger charge is -2.12. The van der Waals surface area contributed by atoms with E-state index < -0.39 is 9.84 Å². The lowest BCUT2D eigenvalue weighted by atomic mass is 9.95. The van der Waals surface area contributed by atoms with E-state index in [1.54, 1.807) is 36.4 Å². The van der Waals surface area contributed by atoms with E-state index in [9.17, 15) is 17.6 Å². The van der Waals surface area contributed by atoms with E-state index in [-0.39, 0.29) is 17.5 Å². The molecule has 0 aliphatic carbocycles. The first-order valence-corrected chi connectivity index (χ1v) is 13.2. The van der Waals surface area contributed by atoms with Crippen LogP contribution in [0.15, 0.2) is 77.4 Å². The third-order valence-electron chi connectivity index (χ3n) is 5.84. The van der Waals surface area contributed by atoms with Gasteiger partial charge in [0.05, 0.1) is 5.75 Å². The highest BCUT2D eigenvalue weighted by molar-refractivity contribution is 7.89. The summed E-state index contributed by atoms with van der Waals surface area (Å²) in [6.07, 6.45) is 1.80. The fourth-order valence-corrected chi connectivity index (χ4v) is 4.81. The van der Waals surface area contributed by atoms with Crippen molar-refractivity contribution in [3.05, 3.63) is 95.4 Å². The molecule has 35 heavy (non-hydrogen) atoms. The molecule has 1 heterocycles. The third kappa shape index (κ3) is 5.35. The Kier molecular flexibility index (Phi) is 6.63. The van der Waals surface area contributed by atoms with E-state index >= 15 is 0 Å². The summed E-state index contributed by atoms with van der Waals surface area (Å²) in [5.41, 5.74) is 5.14. The quantitative estimate of drug-likeness (QED) is 0.324. The minimum absolute atomic E-state index is 0.188. The van der Waals surface area contributed by atoms with Crippen molar-refractivity contribution < 1.29 is 22.0 Å². The van der Waals surface area contributed by atoms with Crippen molar-refractivity contribution >= 4 is 26.7 Å². The zero-order chi connectivity index (χ0) is 25.3. The second kappa shape index (κ2) is 9.50. The summed E-state index contributed by atoms with van der Waals surface area (Å²) in [6.45, 7) is 7.63. The Morgan fingerprint density at radius 1 is 1.06 bits per heavy atom. The Labute approximate surface area is 204 Å². The highest BCUT2D eigenvalue weighted by Crippen LogP contribution is 2.38. The van der Waals surface area contributed by atoms with Gasteiger partial charge >= 0.3 is 0 Å². The molecule has 1 amide bonds. The molecule has 0 atom stereocenters. The van der Waals surface area contributed by atoms with Crippen LogP contribution >= 0.6 is 0 Å². The highest BCUT2D eigenvalue weighted by Gasteiger charge is 2.19.